The van der Waals surface area contributed by atoms with E-state index in [9.17, 15) is 4.79 Å². The smallest absolute Gasteiger partial charge is 0.226 e. The van der Waals surface area contributed by atoms with Crippen molar-refractivity contribution in [3.05, 3.63) is 83.4 Å². The first kappa shape index (κ1) is 24.5. The van der Waals surface area contributed by atoms with Crippen LogP contribution in [-0.4, -0.2) is 32.0 Å². The Hall–Kier alpha value is -3.19. The van der Waals surface area contributed by atoms with Gasteiger partial charge < -0.3 is 20.1 Å². The fraction of sp³-hybridized carbons (Fsp3) is 0.414. The second-order valence-corrected chi connectivity index (χ2v) is 10.5. The first-order chi connectivity index (χ1) is 17.5. The Labute approximate surface area is 219 Å². The number of aromatic nitrogens is 2. The minimum absolute atomic E-state index is 0.00537. The summed E-state index contributed by atoms with van der Waals surface area (Å²) in [6.45, 7) is 4.58. The molecule has 1 saturated carbocycles. The van der Waals surface area contributed by atoms with Gasteiger partial charge in [0, 0.05) is 42.8 Å². The van der Waals surface area contributed by atoms with E-state index in [0.717, 1.165) is 22.5 Å². The molecule has 0 bridgehead atoms. The van der Waals surface area contributed by atoms with E-state index in [1.54, 1.807) is 0 Å². The molecule has 1 aliphatic carbocycles. The van der Waals surface area contributed by atoms with Gasteiger partial charge in [-0.1, -0.05) is 37.5 Å². The molecule has 2 fully saturated rings. The largest absolute Gasteiger partial charge is 0.352 e. The van der Waals surface area contributed by atoms with Crippen molar-refractivity contribution < 1.29 is 4.79 Å². The number of thiocarbonyl (C=S) groups is 1. The molecule has 3 heterocycles. The van der Waals surface area contributed by atoms with Gasteiger partial charge in [-0.05, 0) is 80.4 Å². The number of anilines is 1. The van der Waals surface area contributed by atoms with Crippen LogP contribution >= 0.6 is 12.2 Å². The van der Waals surface area contributed by atoms with Gasteiger partial charge in [-0.3, -0.25) is 9.78 Å². The number of rotatable bonds is 7. The molecule has 5 rings (SSSR count). The van der Waals surface area contributed by atoms with Crippen LogP contribution in [0, 0.1) is 13.8 Å². The maximum absolute atomic E-state index is 13.0. The van der Waals surface area contributed by atoms with Crippen LogP contribution in [0.15, 0.2) is 60.9 Å². The van der Waals surface area contributed by atoms with Gasteiger partial charge in [-0.2, -0.15) is 0 Å². The number of hydrogen-bond donors (Lipinski definition) is 2. The highest BCUT2D eigenvalue weighted by atomic mass is 32.1. The fourth-order valence-electron chi connectivity index (χ4n) is 5.62. The van der Waals surface area contributed by atoms with E-state index >= 15 is 0 Å². The molecular formula is C29H35N5OS. The average molecular weight is 502 g/mol. The van der Waals surface area contributed by atoms with E-state index in [-0.39, 0.29) is 18.0 Å². The van der Waals surface area contributed by atoms with Crippen molar-refractivity contribution in [3.63, 3.8) is 0 Å². The lowest BCUT2D eigenvalue weighted by Gasteiger charge is -2.32. The van der Waals surface area contributed by atoms with Crippen molar-refractivity contribution in [2.75, 3.05) is 11.9 Å². The summed E-state index contributed by atoms with van der Waals surface area (Å²) >= 11 is 5.83. The second-order valence-electron chi connectivity index (χ2n) is 10.1. The second kappa shape index (κ2) is 10.8. The fourth-order valence-corrected chi connectivity index (χ4v) is 5.95. The zero-order valence-electron chi connectivity index (χ0n) is 21.1. The van der Waals surface area contributed by atoms with E-state index in [4.69, 9.17) is 12.2 Å². The van der Waals surface area contributed by atoms with Crippen LogP contribution in [0.5, 0.6) is 0 Å². The summed E-state index contributed by atoms with van der Waals surface area (Å²) in [6.07, 6.45) is 10.7. The van der Waals surface area contributed by atoms with E-state index in [1.807, 2.05) is 44.3 Å². The first-order valence-corrected chi connectivity index (χ1v) is 13.4. The number of amides is 1. The molecule has 1 aromatic carbocycles. The third-order valence-corrected chi connectivity index (χ3v) is 7.88. The number of benzene rings is 1. The number of nitrogens with zero attached hydrogens (tertiary/aromatic N) is 3. The molecule has 1 saturated heterocycles. The molecular weight excluding hydrogens is 466 g/mol. The quantitative estimate of drug-likeness (QED) is 0.389. The third-order valence-electron chi connectivity index (χ3n) is 7.53. The zero-order chi connectivity index (χ0) is 25.1. The summed E-state index contributed by atoms with van der Waals surface area (Å²) in [5, 5.41) is 7.30. The van der Waals surface area contributed by atoms with Crippen molar-refractivity contribution in [1.82, 2.24) is 19.8 Å². The van der Waals surface area contributed by atoms with Crippen molar-refractivity contribution in [1.29, 1.82) is 0 Å². The third kappa shape index (κ3) is 5.16. The predicted octanol–water partition coefficient (Wildman–Crippen LogP) is 6.01. The summed E-state index contributed by atoms with van der Waals surface area (Å²) in [5.41, 5.74) is 5.26. The number of carbonyl (C=O) groups is 1. The van der Waals surface area contributed by atoms with Gasteiger partial charge in [0.15, 0.2) is 5.11 Å². The van der Waals surface area contributed by atoms with Gasteiger partial charge in [-0.15, -0.1) is 0 Å². The lowest BCUT2D eigenvalue weighted by atomic mass is 9.94. The number of aryl methyl sites for hydroxylation is 2. The van der Waals surface area contributed by atoms with Crippen LogP contribution in [0.25, 0.3) is 0 Å². The molecule has 2 aromatic heterocycles. The Morgan fingerprint density at radius 2 is 1.94 bits per heavy atom. The van der Waals surface area contributed by atoms with Gasteiger partial charge in [-0.25, -0.2) is 0 Å². The lowest BCUT2D eigenvalue weighted by molar-refractivity contribution is -0.116. The highest BCUT2D eigenvalue weighted by molar-refractivity contribution is 7.80. The molecule has 2 N–H and O–H groups in total. The molecule has 6 nitrogen and oxygen atoms in total. The minimum Gasteiger partial charge on any atom is -0.352 e. The van der Waals surface area contributed by atoms with Gasteiger partial charge >= 0.3 is 0 Å². The SMILES string of the molecule is Cc1ccc(C)c(NC(=O)CCN2C(=S)N[C@H](c3ccccn3)[C@H]2c2cccn2C2CCCCC2)c1. The van der Waals surface area contributed by atoms with Gasteiger partial charge in [0.25, 0.3) is 0 Å². The molecule has 188 valence electrons. The van der Waals surface area contributed by atoms with Crippen LogP contribution < -0.4 is 10.6 Å². The summed E-state index contributed by atoms with van der Waals surface area (Å²) in [4.78, 5) is 19.8. The summed E-state index contributed by atoms with van der Waals surface area (Å²) in [7, 11) is 0. The van der Waals surface area contributed by atoms with Crippen molar-refractivity contribution in [2.24, 2.45) is 0 Å². The molecule has 3 aromatic rings. The molecule has 1 aliphatic heterocycles. The molecule has 7 heteroatoms. The number of carbonyl (C=O) groups excluding carboxylic acids is 1. The summed E-state index contributed by atoms with van der Waals surface area (Å²) in [6, 6.07) is 16.9. The van der Waals surface area contributed by atoms with E-state index < -0.39 is 0 Å². The average Bonchev–Trinajstić information content (AvgIpc) is 3.50. The lowest BCUT2D eigenvalue weighted by Crippen LogP contribution is -2.34. The summed E-state index contributed by atoms with van der Waals surface area (Å²) in [5.74, 6) is -0.00537. The van der Waals surface area contributed by atoms with E-state index in [1.165, 1.54) is 37.8 Å². The molecule has 2 atom stereocenters. The Balaban J connectivity index is 1.40. The van der Waals surface area contributed by atoms with Crippen LogP contribution in [0.3, 0.4) is 0 Å². The van der Waals surface area contributed by atoms with E-state index in [2.05, 4.69) is 55.5 Å². The first-order valence-electron chi connectivity index (χ1n) is 13.0. The number of pyridine rings is 1. The predicted molar refractivity (Wildman–Crippen MR) is 148 cm³/mol. The molecule has 36 heavy (non-hydrogen) atoms. The van der Waals surface area contributed by atoms with Gasteiger partial charge in [0.05, 0.1) is 17.8 Å². The van der Waals surface area contributed by atoms with Gasteiger partial charge in [0.2, 0.25) is 5.91 Å². The molecule has 1 amide bonds. The highest BCUT2D eigenvalue weighted by Crippen LogP contribution is 2.41. The minimum atomic E-state index is -0.0713. The maximum atomic E-state index is 13.0. The summed E-state index contributed by atoms with van der Waals surface area (Å²) < 4.78 is 2.46. The topological polar surface area (TPSA) is 62.2 Å². The van der Waals surface area contributed by atoms with Crippen LogP contribution in [0.2, 0.25) is 0 Å². The molecule has 0 radical (unpaired) electrons. The Morgan fingerprint density at radius 1 is 1.11 bits per heavy atom. The van der Waals surface area contributed by atoms with Crippen LogP contribution in [0.1, 0.15) is 79.2 Å². The number of nitrogens with one attached hydrogen (secondary N) is 2. The van der Waals surface area contributed by atoms with Crippen molar-refractivity contribution in [3.8, 4) is 0 Å². The standard InChI is InChI=1S/C29H35N5OS/c1-20-13-14-21(2)24(19-20)31-26(35)15-18-34-28(27(32-29(34)36)23-11-6-7-16-30-23)25-12-8-17-33(25)22-9-4-3-5-10-22/h6-8,11-14,16-17,19,22,27-28H,3-5,9-10,15,18H2,1-2H3,(H,31,35)(H,32,36)/t27-,28-/m1/s1. The normalized spacial score (nSPS) is 20.4. The van der Waals surface area contributed by atoms with Crippen LogP contribution in [-0.2, 0) is 4.79 Å². The Kier molecular flexibility index (Phi) is 7.37. The molecule has 0 spiro atoms. The zero-order valence-corrected chi connectivity index (χ0v) is 21.9. The van der Waals surface area contributed by atoms with Crippen molar-refractivity contribution in [2.45, 2.75) is 70.5 Å². The Morgan fingerprint density at radius 3 is 2.72 bits per heavy atom. The maximum Gasteiger partial charge on any atom is 0.226 e. The van der Waals surface area contributed by atoms with Gasteiger partial charge in [0.1, 0.15) is 0 Å². The van der Waals surface area contributed by atoms with E-state index in [0.29, 0.717) is 24.1 Å². The Bertz CT molecular complexity index is 1220. The highest BCUT2D eigenvalue weighted by Gasteiger charge is 2.41. The number of hydrogen-bond acceptors (Lipinski definition) is 3. The van der Waals surface area contributed by atoms with Crippen LogP contribution in [0.4, 0.5) is 5.69 Å². The van der Waals surface area contributed by atoms with Crippen molar-refractivity contribution >= 4 is 28.9 Å². The molecule has 2 aliphatic rings. The molecule has 0 unspecified atom stereocenters. The monoisotopic (exact) mass is 501 g/mol.